The molecule has 61 heavy (non-hydrogen) atoms. The summed E-state index contributed by atoms with van der Waals surface area (Å²) in [5.74, 6) is -9.34. The van der Waals surface area contributed by atoms with Gasteiger partial charge in [0.05, 0.1) is 30.1 Å². The van der Waals surface area contributed by atoms with Crippen molar-refractivity contribution in [3.8, 4) is 0 Å². The molecule has 0 aromatic heterocycles. The first-order valence-corrected chi connectivity index (χ1v) is 20.6. The van der Waals surface area contributed by atoms with Crippen LogP contribution in [0.2, 0.25) is 0 Å². The zero-order valence-electron chi connectivity index (χ0n) is 33.6. The van der Waals surface area contributed by atoms with Gasteiger partial charge in [-0.2, -0.15) is 0 Å². The number of imide groups is 1. The van der Waals surface area contributed by atoms with Crippen molar-refractivity contribution in [1.29, 1.82) is 0 Å². The standard InChI is InChI=1S/C23H27N5O7S.C13H13NO9S.Na/c1-4-26-10-11-27(19(32)18(26)31)22(35)25-13(12-8-6-5-7-9-12)16(29)24-14-17(30)28-15(21(33)34)23(2,3)36-20(14)28;1-6(15)23-4-7-5-24(20,21)12-8(3-9(16)22-2)11(17)14(12)10(7)13(18)19;/h5-9,13-15,20H,4,10-11H2,1-3H3,(H,24,29)(H,25,35)(H,33,34);3,12H,4-5H2,1-2H3,(H,18,19);/q;;+1/p-1/b;8-3-;/t13?,14-,15+,20-;12-;/m01./s1. The topological polar surface area (TPSA) is 304 Å². The second-order valence-electron chi connectivity index (χ2n) is 14.2. The molecule has 0 aliphatic carbocycles. The van der Waals surface area contributed by atoms with E-state index in [-0.39, 0.29) is 48.2 Å². The summed E-state index contributed by atoms with van der Waals surface area (Å²) in [4.78, 5) is 125. The second-order valence-corrected chi connectivity index (χ2v) is 18.0. The number of hydrogen-bond donors (Lipinski definition) is 3. The van der Waals surface area contributed by atoms with Gasteiger partial charge < -0.3 is 44.9 Å². The Morgan fingerprint density at radius 1 is 1.03 bits per heavy atom. The third-order valence-electron chi connectivity index (χ3n) is 9.95. The number of sulfone groups is 1. The molecule has 6 rings (SSSR count). The van der Waals surface area contributed by atoms with E-state index < -0.39 is 127 Å². The molecule has 7 amide bonds. The van der Waals surface area contributed by atoms with Crippen LogP contribution in [0, 0.1) is 0 Å². The van der Waals surface area contributed by atoms with Crippen molar-refractivity contribution in [2.24, 2.45) is 0 Å². The number of carboxylic acids is 2. The van der Waals surface area contributed by atoms with E-state index in [1.54, 1.807) is 51.1 Å². The van der Waals surface area contributed by atoms with Crippen molar-refractivity contribution in [1.82, 2.24) is 30.2 Å². The van der Waals surface area contributed by atoms with E-state index >= 15 is 0 Å². The Labute approximate surface area is 374 Å². The van der Waals surface area contributed by atoms with Gasteiger partial charge in [-0.05, 0) is 26.3 Å². The summed E-state index contributed by atoms with van der Waals surface area (Å²) in [5.41, 5.74) is -0.956. The van der Waals surface area contributed by atoms with E-state index in [0.29, 0.717) is 23.1 Å². The molecule has 1 aromatic carbocycles. The number of aliphatic carboxylic acids is 2. The Kier molecular flexibility index (Phi) is 14.9. The number of carbonyl (C=O) groups is 10. The van der Waals surface area contributed by atoms with Gasteiger partial charge in [0.1, 0.15) is 30.1 Å². The third-order valence-corrected chi connectivity index (χ3v) is 13.4. The number of esters is 2. The summed E-state index contributed by atoms with van der Waals surface area (Å²) >= 11 is 1.28. The number of methoxy groups -OCH3 is 1. The molecular formula is C36H39N6NaO16S2. The van der Waals surface area contributed by atoms with Gasteiger partial charge in [0.2, 0.25) is 11.8 Å². The Bertz CT molecular complexity index is 2250. The largest absolute Gasteiger partial charge is 1.00 e. The van der Waals surface area contributed by atoms with Crippen molar-refractivity contribution in [3.63, 3.8) is 0 Å². The summed E-state index contributed by atoms with van der Waals surface area (Å²) in [7, 11) is -2.99. The molecule has 0 saturated carbocycles. The molecule has 0 radical (unpaired) electrons. The predicted octanol–water partition coefficient (Wildman–Crippen LogP) is -5.99. The molecule has 22 nitrogen and oxygen atoms in total. The average molecular weight is 899 g/mol. The van der Waals surface area contributed by atoms with Crippen LogP contribution in [0.1, 0.15) is 39.3 Å². The van der Waals surface area contributed by atoms with Crippen LogP contribution in [0.5, 0.6) is 0 Å². The molecule has 5 aliphatic heterocycles. The summed E-state index contributed by atoms with van der Waals surface area (Å²) in [6, 6.07) is 4.11. The number of amides is 7. The van der Waals surface area contributed by atoms with Crippen LogP contribution in [0.4, 0.5) is 4.79 Å². The number of ether oxygens (including phenoxy) is 2. The van der Waals surface area contributed by atoms with Gasteiger partial charge in [-0.25, -0.2) is 22.8 Å². The number of fused-ring (bicyclic) bond motifs is 2. The van der Waals surface area contributed by atoms with Gasteiger partial charge in [-0.15, -0.1) is 11.8 Å². The van der Waals surface area contributed by atoms with Crippen LogP contribution in [-0.4, -0.2) is 159 Å². The number of hydrogen-bond acceptors (Lipinski definition) is 16. The van der Waals surface area contributed by atoms with Crippen LogP contribution in [0.3, 0.4) is 0 Å². The Balaban J connectivity index is 0.000000286. The van der Waals surface area contributed by atoms with E-state index in [0.717, 1.165) is 18.9 Å². The molecule has 5 atom stereocenters. The van der Waals surface area contributed by atoms with Crippen molar-refractivity contribution >= 4 is 81.0 Å². The Morgan fingerprint density at radius 2 is 1.67 bits per heavy atom. The van der Waals surface area contributed by atoms with Crippen LogP contribution < -0.4 is 45.3 Å². The summed E-state index contributed by atoms with van der Waals surface area (Å²) < 4.78 is 32.8. The van der Waals surface area contributed by atoms with E-state index in [1.165, 1.54) is 21.6 Å². The van der Waals surface area contributed by atoms with Crippen molar-refractivity contribution in [3.05, 3.63) is 58.8 Å². The van der Waals surface area contributed by atoms with E-state index in [9.17, 15) is 66.6 Å². The quantitative estimate of drug-likeness (QED) is 0.0647. The van der Waals surface area contributed by atoms with Crippen LogP contribution >= 0.6 is 11.8 Å². The van der Waals surface area contributed by atoms with Crippen molar-refractivity contribution in [2.75, 3.05) is 39.1 Å². The molecule has 1 aromatic rings. The first kappa shape index (κ1) is 48.4. The molecule has 4 fully saturated rings. The van der Waals surface area contributed by atoms with Gasteiger partial charge in [0, 0.05) is 43.0 Å². The monoisotopic (exact) mass is 898 g/mol. The zero-order valence-corrected chi connectivity index (χ0v) is 37.2. The fourth-order valence-corrected chi connectivity index (χ4v) is 10.7. The van der Waals surface area contributed by atoms with E-state index in [4.69, 9.17) is 0 Å². The molecule has 5 aliphatic rings. The average Bonchev–Trinajstić information content (AvgIpc) is 3.45. The number of rotatable bonds is 10. The number of likely N-dealkylation sites (N-methyl/N-ethyl adjacent to an activating group) is 1. The maximum Gasteiger partial charge on any atom is 1.00 e. The third kappa shape index (κ3) is 9.46. The number of piperazine rings is 1. The van der Waals surface area contributed by atoms with E-state index in [1.807, 2.05) is 0 Å². The molecule has 0 bridgehead atoms. The Morgan fingerprint density at radius 3 is 2.23 bits per heavy atom. The normalized spacial score (nSPS) is 24.4. The maximum absolute atomic E-state index is 13.3. The van der Waals surface area contributed by atoms with Crippen LogP contribution in [0.15, 0.2) is 53.3 Å². The van der Waals surface area contributed by atoms with Gasteiger partial charge in [-0.1, -0.05) is 30.3 Å². The van der Waals surface area contributed by atoms with Gasteiger partial charge >= 0.3 is 65.3 Å². The van der Waals surface area contributed by atoms with Crippen molar-refractivity contribution in [2.45, 2.75) is 61.3 Å². The number of urea groups is 1. The number of thioether (sulfide) groups is 1. The molecule has 1 unspecified atom stereocenters. The molecule has 3 N–H and O–H groups in total. The van der Waals surface area contributed by atoms with Crippen LogP contribution in [0.25, 0.3) is 0 Å². The van der Waals surface area contributed by atoms with Gasteiger partial charge in [0.15, 0.2) is 15.2 Å². The first-order valence-electron chi connectivity index (χ1n) is 18.0. The van der Waals surface area contributed by atoms with Gasteiger partial charge in [-0.3, -0.25) is 38.6 Å². The minimum atomic E-state index is -4.03. The molecule has 0 spiro atoms. The molecule has 322 valence electrons. The van der Waals surface area contributed by atoms with E-state index in [2.05, 4.69) is 20.1 Å². The first-order chi connectivity index (χ1) is 28.1. The molecule has 25 heteroatoms. The number of benzene rings is 1. The smallest absolute Gasteiger partial charge is 0.543 e. The summed E-state index contributed by atoms with van der Waals surface area (Å²) in [5, 5.41) is 23.9. The number of nitrogens with one attached hydrogen (secondary N) is 2. The second kappa shape index (κ2) is 18.8. The van der Waals surface area contributed by atoms with Gasteiger partial charge in [0.25, 0.3) is 5.91 Å². The number of β-lactam (4-membered cyclic amide) rings is 2. The minimum absolute atomic E-state index is 0. The maximum atomic E-state index is 13.3. The van der Waals surface area contributed by atoms with Crippen LogP contribution in [-0.2, 0) is 62.5 Å². The van der Waals surface area contributed by atoms with Crippen molar-refractivity contribution < 1.29 is 106 Å². The minimum Gasteiger partial charge on any atom is -0.543 e. The zero-order chi connectivity index (χ0) is 44.6. The Hall–Kier alpha value is -5.30. The molecule has 4 saturated heterocycles. The fourth-order valence-electron chi connectivity index (χ4n) is 7.12. The SMILES string of the molecule is CCN1CCN(C(=O)NC(C(=O)N[C@H]2C(=O)N3[C@H]2SC(C)(C)[C@H]3C(=O)O)c2ccccc2)C(=O)C1=O.COC(=O)/C=C1/C(=O)N2C(C(=O)[O-])=C(COC(C)=O)CS(=O)(=O)[C@H]12.[Na+]. The summed E-state index contributed by atoms with van der Waals surface area (Å²) in [6.45, 7) is 6.13. The number of carboxylic acid groups (broad SMARTS) is 2. The predicted molar refractivity (Wildman–Crippen MR) is 201 cm³/mol. The number of carbonyl (C=O) groups excluding carboxylic acids is 9. The summed E-state index contributed by atoms with van der Waals surface area (Å²) in [6.07, 6.45) is 0.699. The fraction of sp³-hybridized carbons (Fsp3) is 0.444. The molecular weight excluding hydrogens is 860 g/mol. The molecule has 5 heterocycles. The number of nitrogens with zero attached hydrogens (tertiary/aromatic N) is 4.